The summed E-state index contributed by atoms with van der Waals surface area (Å²) in [6.07, 6.45) is 79.1. The number of rotatable bonds is 66. The third-order valence-electron chi connectivity index (χ3n) is 17.8. The third-order valence-corrected chi connectivity index (χ3v) is 17.8. The van der Waals surface area contributed by atoms with Gasteiger partial charge in [0.2, 0.25) is 5.91 Å². The van der Waals surface area contributed by atoms with E-state index in [2.05, 4.69) is 99.0 Å². The maximum atomic E-state index is 13.5. The summed E-state index contributed by atoms with van der Waals surface area (Å²) in [5.74, 6) is -1.19. The summed E-state index contributed by atoms with van der Waals surface area (Å²) in [6, 6.07) is -1.03. The van der Waals surface area contributed by atoms with Gasteiger partial charge in [-0.05, 0) is 103 Å². The number of allylic oxidation sites excluding steroid dienone is 13. The van der Waals surface area contributed by atoms with Gasteiger partial charge in [0.15, 0.2) is 12.4 Å². The second-order valence-electron chi connectivity index (χ2n) is 26.4. The molecule has 0 saturated carbocycles. The van der Waals surface area contributed by atoms with Crippen LogP contribution in [-0.2, 0) is 23.8 Å². The molecule has 528 valence electrons. The van der Waals surface area contributed by atoms with Crippen molar-refractivity contribution in [3.63, 3.8) is 0 Å². The number of carbonyl (C=O) groups excluding carboxylic acids is 2. The standard InChI is InChI=1S/C80H143NO10/c1-4-7-10-13-16-19-22-24-26-28-30-32-34-36-38-39-41-43-45-47-49-52-55-58-61-64-67-73(84)79(88)81-71(72(83)66-63-60-57-54-51-21-18-15-12-9-6-3)70-89-80-78(77(87)76(86)74(69-82)90-80)91-75(85)68-65-62-59-56-53-50-48-46-44-42-40-37-35-33-31-29-27-25-23-20-17-14-11-8-5-2/h16-17,19-20,24-27,30-33,63,66,71-74,76-78,80,82-84,86-87H,4-15,18,21-23,28-29,34-62,64-65,67-70H2,1-3H3,(H,81,88)/b19-16-,20-17-,26-24-,27-25-,32-30-,33-31-,66-63+. The number of carbonyl (C=O) groups is 2. The van der Waals surface area contributed by atoms with Crippen LogP contribution in [0.1, 0.15) is 348 Å². The van der Waals surface area contributed by atoms with Crippen molar-refractivity contribution < 1.29 is 49.3 Å². The zero-order valence-electron chi connectivity index (χ0n) is 59.0. The lowest BCUT2D eigenvalue weighted by atomic mass is 9.99. The van der Waals surface area contributed by atoms with Gasteiger partial charge < -0.3 is 45.1 Å². The van der Waals surface area contributed by atoms with E-state index in [1.165, 1.54) is 218 Å². The molecule has 0 bridgehead atoms. The fourth-order valence-electron chi connectivity index (χ4n) is 11.7. The van der Waals surface area contributed by atoms with Crippen LogP contribution in [0.5, 0.6) is 0 Å². The summed E-state index contributed by atoms with van der Waals surface area (Å²) in [7, 11) is 0. The number of unbranched alkanes of at least 4 members (excludes halogenated alkanes) is 40. The first kappa shape index (κ1) is 85.9. The van der Waals surface area contributed by atoms with E-state index >= 15 is 0 Å². The minimum atomic E-state index is -1.62. The van der Waals surface area contributed by atoms with Crippen LogP contribution in [0, 0.1) is 0 Å². The largest absolute Gasteiger partial charge is 0.454 e. The van der Waals surface area contributed by atoms with E-state index in [1.807, 2.05) is 6.08 Å². The van der Waals surface area contributed by atoms with E-state index in [0.717, 1.165) is 83.5 Å². The van der Waals surface area contributed by atoms with Gasteiger partial charge >= 0.3 is 5.97 Å². The Hall–Kier alpha value is -3.16. The molecule has 8 atom stereocenters. The molecule has 8 unspecified atom stereocenters. The van der Waals surface area contributed by atoms with E-state index in [0.29, 0.717) is 12.8 Å². The minimum absolute atomic E-state index is 0.120. The van der Waals surface area contributed by atoms with Crippen LogP contribution in [0.25, 0.3) is 0 Å². The smallest absolute Gasteiger partial charge is 0.306 e. The first-order chi connectivity index (χ1) is 44.7. The average Bonchev–Trinajstić information content (AvgIpc) is 1.02. The Labute approximate surface area is 559 Å². The number of ether oxygens (including phenoxy) is 3. The molecular weight excluding hydrogens is 1130 g/mol. The van der Waals surface area contributed by atoms with Crippen LogP contribution in [-0.4, -0.2) is 99.6 Å². The highest BCUT2D eigenvalue weighted by Crippen LogP contribution is 2.26. The van der Waals surface area contributed by atoms with Gasteiger partial charge in [0.1, 0.15) is 24.4 Å². The molecule has 11 heteroatoms. The van der Waals surface area contributed by atoms with Crippen molar-refractivity contribution in [2.24, 2.45) is 0 Å². The predicted octanol–water partition coefficient (Wildman–Crippen LogP) is 20.4. The number of esters is 1. The molecule has 0 aromatic carbocycles. The van der Waals surface area contributed by atoms with Crippen LogP contribution >= 0.6 is 0 Å². The average molecular weight is 1280 g/mol. The van der Waals surface area contributed by atoms with Crippen molar-refractivity contribution in [3.05, 3.63) is 85.1 Å². The number of hydrogen-bond donors (Lipinski definition) is 6. The van der Waals surface area contributed by atoms with Gasteiger partial charge in [-0.15, -0.1) is 0 Å². The lowest BCUT2D eigenvalue weighted by Crippen LogP contribution is -2.61. The van der Waals surface area contributed by atoms with Crippen molar-refractivity contribution in [2.45, 2.75) is 397 Å². The van der Waals surface area contributed by atoms with Gasteiger partial charge in [-0.1, -0.05) is 324 Å². The Morgan fingerprint density at radius 3 is 1.15 bits per heavy atom. The van der Waals surface area contributed by atoms with E-state index in [-0.39, 0.29) is 19.4 Å². The van der Waals surface area contributed by atoms with Crippen LogP contribution in [0.3, 0.4) is 0 Å². The summed E-state index contributed by atoms with van der Waals surface area (Å²) in [5, 5.41) is 57.3. The fraction of sp³-hybridized carbons (Fsp3) is 0.800. The Balaban J connectivity index is 2.50. The molecule has 1 rings (SSSR count). The van der Waals surface area contributed by atoms with Crippen molar-refractivity contribution in [2.75, 3.05) is 13.2 Å². The zero-order valence-corrected chi connectivity index (χ0v) is 59.0. The molecule has 6 N–H and O–H groups in total. The number of aliphatic hydroxyl groups excluding tert-OH is 5. The number of amides is 1. The Morgan fingerprint density at radius 2 is 0.758 bits per heavy atom. The van der Waals surface area contributed by atoms with Gasteiger partial charge in [-0.2, -0.15) is 0 Å². The topological polar surface area (TPSA) is 175 Å². The summed E-state index contributed by atoms with van der Waals surface area (Å²) < 4.78 is 17.7. The molecule has 11 nitrogen and oxygen atoms in total. The summed E-state index contributed by atoms with van der Waals surface area (Å²) in [4.78, 5) is 26.7. The third kappa shape index (κ3) is 53.7. The van der Waals surface area contributed by atoms with Crippen LogP contribution in [0.2, 0.25) is 0 Å². The monoisotopic (exact) mass is 1280 g/mol. The Morgan fingerprint density at radius 1 is 0.429 bits per heavy atom. The molecule has 0 aromatic heterocycles. The van der Waals surface area contributed by atoms with Crippen LogP contribution in [0.15, 0.2) is 85.1 Å². The first-order valence-electron chi connectivity index (χ1n) is 38.4. The van der Waals surface area contributed by atoms with Crippen molar-refractivity contribution in [1.29, 1.82) is 0 Å². The molecule has 1 heterocycles. The van der Waals surface area contributed by atoms with E-state index in [9.17, 15) is 35.1 Å². The van der Waals surface area contributed by atoms with Gasteiger partial charge in [0.05, 0.1) is 25.4 Å². The van der Waals surface area contributed by atoms with Gasteiger partial charge in [-0.25, -0.2) is 0 Å². The van der Waals surface area contributed by atoms with Crippen molar-refractivity contribution >= 4 is 11.9 Å². The quantitative estimate of drug-likeness (QED) is 0.0195. The SMILES string of the molecule is CCCCC/C=C\C/C=C\C/C=C\CCCCCCCCCCCCCCCC(O)C(=O)NC(COC1OC(CO)C(O)C(O)C1OC(=O)CCCCCCCCCCCCCC/C=C\C/C=C\C/C=C\CCCCC)C(O)/C=C/CCCCCCCCCCC. The lowest BCUT2D eigenvalue weighted by molar-refractivity contribution is -0.305. The summed E-state index contributed by atoms with van der Waals surface area (Å²) in [5.41, 5.74) is 0. The van der Waals surface area contributed by atoms with Crippen molar-refractivity contribution in [1.82, 2.24) is 5.32 Å². The number of aliphatic hydroxyl groups is 5. The van der Waals surface area contributed by atoms with Gasteiger partial charge in [-0.3, -0.25) is 9.59 Å². The molecule has 0 radical (unpaired) electrons. The molecule has 1 aliphatic rings. The summed E-state index contributed by atoms with van der Waals surface area (Å²) in [6.45, 7) is 5.77. The van der Waals surface area contributed by atoms with Gasteiger partial charge in [0, 0.05) is 6.42 Å². The van der Waals surface area contributed by atoms with Crippen LogP contribution < -0.4 is 5.32 Å². The lowest BCUT2D eigenvalue weighted by Gasteiger charge is -2.41. The van der Waals surface area contributed by atoms with E-state index in [1.54, 1.807) is 6.08 Å². The second-order valence-corrected chi connectivity index (χ2v) is 26.4. The minimum Gasteiger partial charge on any atom is -0.454 e. The molecule has 0 aliphatic carbocycles. The maximum Gasteiger partial charge on any atom is 0.306 e. The molecule has 0 aromatic rings. The maximum absolute atomic E-state index is 13.5. The van der Waals surface area contributed by atoms with E-state index < -0.39 is 67.4 Å². The molecular formula is C80H143NO10. The highest BCUT2D eigenvalue weighted by atomic mass is 16.7. The molecule has 1 saturated heterocycles. The molecule has 91 heavy (non-hydrogen) atoms. The highest BCUT2D eigenvalue weighted by Gasteiger charge is 2.47. The van der Waals surface area contributed by atoms with Gasteiger partial charge in [0.25, 0.3) is 0 Å². The Kier molecular flexibility index (Phi) is 63.1. The molecule has 1 amide bonds. The zero-order chi connectivity index (χ0) is 66.0. The second kappa shape index (κ2) is 66.8. The molecule has 0 spiro atoms. The van der Waals surface area contributed by atoms with E-state index in [4.69, 9.17) is 14.2 Å². The first-order valence-corrected chi connectivity index (χ1v) is 38.4. The number of hydrogen-bond acceptors (Lipinski definition) is 10. The Bertz CT molecular complexity index is 1810. The molecule has 1 aliphatic heterocycles. The highest BCUT2D eigenvalue weighted by molar-refractivity contribution is 5.80. The van der Waals surface area contributed by atoms with Crippen molar-refractivity contribution in [3.8, 4) is 0 Å². The molecule has 1 fully saturated rings. The fourth-order valence-corrected chi connectivity index (χ4v) is 11.7. The predicted molar refractivity (Wildman–Crippen MR) is 384 cm³/mol. The normalized spacial score (nSPS) is 18.4. The number of nitrogens with one attached hydrogen (secondary N) is 1. The summed E-state index contributed by atoms with van der Waals surface area (Å²) >= 11 is 0. The van der Waals surface area contributed by atoms with Crippen LogP contribution in [0.4, 0.5) is 0 Å².